The van der Waals surface area contributed by atoms with E-state index >= 15 is 0 Å². The molecule has 0 radical (unpaired) electrons. The number of nitrogen functional groups attached to an aromatic ring is 1. The molecule has 3 aromatic heterocycles. The lowest BCUT2D eigenvalue weighted by atomic mass is 10.0. The Morgan fingerprint density at radius 1 is 1.25 bits per heavy atom. The number of carbonyl (C=O) groups is 1. The molecule has 0 bridgehead atoms. The van der Waals surface area contributed by atoms with Crippen LogP contribution in [0, 0.1) is 6.92 Å². The molecule has 140 valence electrons. The Hall–Kier alpha value is -3.81. The molecule has 8 heteroatoms. The number of fused-ring (bicyclic) bond motifs is 1. The Morgan fingerprint density at radius 3 is 2.96 bits per heavy atom. The third kappa shape index (κ3) is 3.52. The van der Waals surface area contributed by atoms with Crippen LogP contribution < -0.4 is 5.73 Å². The summed E-state index contributed by atoms with van der Waals surface area (Å²) in [5, 5.41) is 15.3. The predicted molar refractivity (Wildman–Crippen MR) is 106 cm³/mol. The van der Waals surface area contributed by atoms with E-state index in [4.69, 9.17) is 5.73 Å². The van der Waals surface area contributed by atoms with Crippen LogP contribution in [-0.2, 0) is 17.8 Å². The van der Waals surface area contributed by atoms with Gasteiger partial charge in [0, 0.05) is 23.9 Å². The lowest BCUT2D eigenvalue weighted by molar-refractivity contribution is -0.104. The Morgan fingerprint density at radius 2 is 2.14 bits per heavy atom. The fraction of sp³-hybridized carbons (Fsp3) is 0.150. The van der Waals surface area contributed by atoms with E-state index in [1.165, 1.54) is 17.2 Å². The number of aldehydes is 1. The fourth-order valence-electron chi connectivity index (χ4n) is 3.18. The van der Waals surface area contributed by atoms with Crippen molar-refractivity contribution in [2.24, 2.45) is 0 Å². The number of aromatic amines is 1. The third-order valence-corrected chi connectivity index (χ3v) is 4.47. The van der Waals surface area contributed by atoms with Crippen LogP contribution in [0.2, 0.25) is 0 Å². The van der Waals surface area contributed by atoms with Crippen LogP contribution >= 0.6 is 0 Å². The maximum atomic E-state index is 11.3. The van der Waals surface area contributed by atoms with E-state index in [2.05, 4.69) is 56.7 Å². The first-order valence-corrected chi connectivity index (χ1v) is 8.86. The van der Waals surface area contributed by atoms with Crippen LogP contribution in [0.15, 0.2) is 48.7 Å². The number of aromatic nitrogens is 6. The number of aryl methyl sites for hydroxylation is 3. The summed E-state index contributed by atoms with van der Waals surface area (Å²) in [6.45, 7) is 2.81. The van der Waals surface area contributed by atoms with Gasteiger partial charge >= 0.3 is 0 Å². The monoisotopic (exact) mass is 373 g/mol. The minimum absolute atomic E-state index is 0.298. The molecule has 0 unspecified atom stereocenters. The van der Waals surface area contributed by atoms with Gasteiger partial charge in [0.25, 0.3) is 0 Å². The summed E-state index contributed by atoms with van der Waals surface area (Å²) in [6, 6.07) is 12.0. The lowest BCUT2D eigenvalue weighted by Crippen LogP contribution is -2.03. The minimum Gasteiger partial charge on any atom is -0.384 e. The number of rotatable bonds is 6. The van der Waals surface area contributed by atoms with Crippen molar-refractivity contribution < 1.29 is 4.79 Å². The molecular weight excluding hydrogens is 354 g/mol. The van der Waals surface area contributed by atoms with Crippen molar-refractivity contribution in [1.82, 2.24) is 30.2 Å². The Balaban J connectivity index is 1.64. The number of hydrogen-bond acceptors (Lipinski definition) is 6. The smallest absolute Gasteiger partial charge is 0.204 e. The van der Waals surface area contributed by atoms with Gasteiger partial charge in [-0.1, -0.05) is 29.8 Å². The molecule has 3 N–H and O–H groups in total. The van der Waals surface area contributed by atoms with Crippen molar-refractivity contribution in [3.05, 3.63) is 71.1 Å². The van der Waals surface area contributed by atoms with Gasteiger partial charge in [0.2, 0.25) is 5.65 Å². The highest BCUT2D eigenvalue weighted by atomic mass is 16.1. The molecule has 0 fully saturated rings. The largest absolute Gasteiger partial charge is 0.384 e. The first kappa shape index (κ1) is 17.6. The quantitative estimate of drug-likeness (QED) is 0.396. The third-order valence-electron chi connectivity index (χ3n) is 4.47. The maximum Gasteiger partial charge on any atom is 0.204 e. The van der Waals surface area contributed by atoms with Gasteiger partial charge in [0.1, 0.15) is 17.6 Å². The Kier molecular flexibility index (Phi) is 4.67. The Labute approximate surface area is 161 Å². The molecule has 0 aliphatic rings. The van der Waals surface area contributed by atoms with Gasteiger partial charge in [-0.3, -0.25) is 9.48 Å². The maximum absolute atomic E-state index is 11.3. The number of nitrogens with one attached hydrogen (secondary N) is 1. The summed E-state index contributed by atoms with van der Waals surface area (Å²) < 4.78 is 1.86. The second-order valence-electron chi connectivity index (χ2n) is 6.51. The molecule has 0 amide bonds. The second-order valence-corrected chi connectivity index (χ2v) is 6.51. The van der Waals surface area contributed by atoms with Crippen molar-refractivity contribution in [1.29, 1.82) is 0 Å². The van der Waals surface area contributed by atoms with Crippen LogP contribution in [0.3, 0.4) is 0 Å². The zero-order valence-electron chi connectivity index (χ0n) is 15.3. The van der Waals surface area contributed by atoms with Crippen molar-refractivity contribution in [3.63, 3.8) is 0 Å². The van der Waals surface area contributed by atoms with Crippen LogP contribution in [0.4, 0.5) is 5.82 Å². The highest BCUT2D eigenvalue weighted by Gasteiger charge is 2.16. The molecular formula is C20H19N7O. The summed E-state index contributed by atoms with van der Waals surface area (Å²) in [4.78, 5) is 15.4. The highest BCUT2D eigenvalue weighted by molar-refractivity contribution is 5.97. The number of H-pyrrole nitrogens is 1. The summed E-state index contributed by atoms with van der Waals surface area (Å²) in [5.74, 6) is 0.298. The number of benzene rings is 1. The van der Waals surface area contributed by atoms with Crippen LogP contribution in [0.1, 0.15) is 22.4 Å². The Bertz CT molecular complexity index is 1170. The van der Waals surface area contributed by atoms with Gasteiger partial charge in [-0.25, -0.2) is 4.98 Å². The lowest BCUT2D eigenvalue weighted by Gasteiger charge is -2.06. The van der Waals surface area contributed by atoms with Crippen molar-refractivity contribution in [2.45, 2.75) is 19.9 Å². The summed E-state index contributed by atoms with van der Waals surface area (Å²) in [5.41, 5.74) is 11.3. The molecule has 0 spiro atoms. The van der Waals surface area contributed by atoms with Gasteiger partial charge < -0.3 is 5.73 Å². The van der Waals surface area contributed by atoms with E-state index in [1.54, 1.807) is 6.07 Å². The van der Waals surface area contributed by atoms with Crippen molar-refractivity contribution >= 4 is 28.8 Å². The number of anilines is 1. The standard InChI is InChI=1S/C20H19N7O/c1-13-3-2-4-14(11-13)5-8-27-9-6-17(25-27)15(7-10-28)16-12-18(21)22-20-19(16)23-26-24-20/h2-4,6-7,9-12H,5,8H2,1H3,(H3,21,22,23,24,26)/b15-7-. The molecule has 3 heterocycles. The topological polar surface area (TPSA) is 115 Å². The van der Waals surface area contributed by atoms with Gasteiger partial charge in [-0.2, -0.15) is 15.4 Å². The molecule has 4 rings (SSSR count). The van der Waals surface area contributed by atoms with Crippen molar-refractivity contribution in [3.8, 4) is 0 Å². The number of carbonyl (C=O) groups excluding carboxylic acids is 1. The SMILES string of the molecule is Cc1cccc(CCn2ccc(/C(=C\C=O)c3cc(N)nc4n[nH]nc34)n2)c1. The van der Waals surface area contributed by atoms with Crippen LogP contribution in [0.5, 0.6) is 0 Å². The molecule has 0 aliphatic carbocycles. The molecule has 0 saturated carbocycles. The molecule has 28 heavy (non-hydrogen) atoms. The molecule has 1 aromatic carbocycles. The van der Waals surface area contributed by atoms with E-state index in [-0.39, 0.29) is 0 Å². The number of allylic oxidation sites excluding steroid dienone is 1. The summed E-state index contributed by atoms with van der Waals surface area (Å²) in [6.07, 6.45) is 4.94. The highest BCUT2D eigenvalue weighted by Crippen LogP contribution is 2.27. The van der Waals surface area contributed by atoms with E-state index < -0.39 is 0 Å². The van der Waals surface area contributed by atoms with E-state index in [1.807, 2.05) is 16.9 Å². The minimum atomic E-state index is 0.298. The van der Waals surface area contributed by atoms with Crippen LogP contribution in [0.25, 0.3) is 16.7 Å². The molecule has 0 aliphatic heterocycles. The molecule has 4 aromatic rings. The van der Waals surface area contributed by atoms with E-state index in [9.17, 15) is 4.79 Å². The normalized spacial score (nSPS) is 11.8. The number of pyridine rings is 1. The fourth-order valence-corrected chi connectivity index (χ4v) is 3.18. The zero-order chi connectivity index (χ0) is 19.5. The molecule has 0 atom stereocenters. The van der Waals surface area contributed by atoms with E-state index in [0.717, 1.165) is 19.3 Å². The van der Waals surface area contributed by atoms with Gasteiger partial charge in [-0.15, -0.1) is 5.10 Å². The second kappa shape index (κ2) is 7.43. The zero-order valence-corrected chi connectivity index (χ0v) is 15.3. The molecule has 8 nitrogen and oxygen atoms in total. The van der Waals surface area contributed by atoms with E-state index in [0.29, 0.717) is 33.8 Å². The van der Waals surface area contributed by atoms with Gasteiger partial charge in [0.05, 0.1) is 5.69 Å². The first-order chi connectivity index (χ1) is 13.6. The summed E-state index contributed by atoms with van der Waals surface area (Å²) >= 11 is 0. The molecule has 0 saturated heterocycles. The van der Waals surface area contributed by atoms with Crippen molar-refractivity contribution in [2.75, 3.05) is 5.73 Å². The van der Waals surface area contributed by atoms with Crippen LogP contribution in [-0.4, -0.2) is 36.5 Å². The average molecular weight is 373 g/mol. The number of nitrogens with two attached hydrogens (primary N) is 1. The number of nitrogens with zero attached hydrogens (tertiary/aromatic N) is 5. The number of hydrogen-bond donors (Lipinski definition) is 2. The predicted octanol–water partition coefficient (Wildman–Crippen LogP) is 2.31. The van der Waals surface area contributed by atoms with Gasteiger partial charge in [0.15, 0.2) is 0 Å². The van der Waals surface area contributed by atoms with Gasteiger partial charge in [-0.05, 0) is 37.1 Å². The first-order valence-electron chi connectivity index (χ1n) is 8.86. The summed E-state index contributed by atoms with van der Waals surface area (Å²) in [7, 11) is 0. The average Bonchev–Trinajstić information content (AvgIpc) is 3.33.